The molecule has 0 atom stereocenters. The summed E-state index contributed by atoms with van der Waals surface area (Å²) in [6.07, 6.45) is 2.82. The molecule has 0 saturated heterocycles. The molecule has 0 radical (unpaired) electrons. The first-order valence-corrected chi connectivity index (χ1v) is 6.51. The molecule has 3 N–H and O–H groups in total. The summed E-state index contributed by atoms with van der Waals surface area (Å²) >= 11 is 5.08. The highest BCUT2D eigenvalue weighted by Gasteiger charge is 2.01. The molecule has 0 aliphatic carbocycles. The Hall–Kier alpha value is -2.61. The number of hydrazone groups is 1. The molecule has 21 heavy (non-hydrogen) atoms. The van der Waals surface area contributed by atoms with Crippen molar-refractivity contribution < 1.29 is 5.11 Å². The number of aromatic nitrogens is 3. The molecule has 0 bridgehead atoms. The van der Waals surface area contributed by atoms with Crippen molar-refractivity contribution in [2.75, 3.05) is 5.32 Å². The third-order valence-corrected chi connectivity index (χ3v) is 2.53. The summed E-state index contributed by atoms with van der Waals surface area (Å²) < 4.78 is 0. The van der Waals surface area contributed by atoms with Gasteiger partial charge < -0.3 is 5.11 Å². The zero-order valence-electron chi connectivity index (χ0n) is 11.5. The summed E-state index contributed by atoms with van der Waals surface area (Å²) in [6, 6.07) is 5.02. The van der Waals surface area contributed by atoms with Crippen LogP contribution in [0, 0.1) is 13.8 Å². The van der Waals surface area contributed by atoms with Gasteiger partial charge in [-0.05, 0) is 44.3 Å². The van der Waals surface area contributed by atoms with E-state index < -0.39 is 0 Å². The van der Waals surface area contributed by atoms with Gasteiger partial charge in [0, 0.05) is 11.4 Å². The van der Waals surface area contributed by atoms with E-state index in [-0.39, 0.29) is 10.9 Å². The topological polar surface area (TPSA) is 95.3 Å². The van der Waals surface area contributed by atoms with Gasteiger partial charge in [0.2, 0.25) is 5.95 Å². The standard InChI is InChI=1S/C13H14N6OS/c1-8-5-9(2)17-12(16-8)18-13(21)19-15-6-10-3-4-11(20)7-14-10/h3-7,20H,1-2H3,(H2,16,17,18,19,21). The number of nitrogens with one attached hydrogen (secondary N) is 2. The third-order valence-electron chi connectivity index (χ3n) is 2.34. The van der Waals surface area contributed by atoms with Gasteiger partial charge in [0.1, 0.15) is 5.75 Å². The molecule has 2 rings (SSSR count). The minimum absolute atomic E-state index is 0.101. The molecule has 0 saturated carbocycles. The third kappa shape index (κ3) is 4.77. The molecule has 0 aliphatic heterocycles. The van der Waals surface area contributed by atoms with Crippen LogP contribution in [-0.2, 0) is 0 Å². The number of aromatic hydroxyl groups is 1. The zero-order chi connectivity index (χ0) is 15.2. The summed E-state index contributed by atoms with van der Waals surface area (Å²) in [7, 11) is 0. The Kier molecular flexibility index (Phi) is 4.72. The van der Waals surface area contributed by atoms with Crippen molar-refractivity contribution in [1.82, 2.24) is 20.4 Å². The second kappa shape index (κ2) is 6.71. The molecule has 2 aromatic rings. The van der Waals surface area contributed by atoms with Crippen LogP contribution in [0.1, 0.15) is 17.1 Å². The normalized spacial score (nSPS) is 10.6. The van der Waals surface area contributed by atoms with E-state index in [9.17, 15) is 0 Å². The van der Waals surface area contributed by atoms with Gasteiger partial charge in [0.25, 0.3) is 0 Å². The highest BCUT2D eigenvalue weighted by atomic mass is 32.1. The Morgan fingerprint density at radius 1 is 1.29 bits per heavy atom. The van der Waals surface area contributed by atoms with Crippen molar-refractivity contribution in [3.05, 3.63) is 41.5 Å². The average molecular weight is 302 g/mol. The minimum atomic E-state index is 0.101. The van der Waals surface area contributed by atoms with Crippen molar-refractivity contribution in [3.63, 3.8) is 0 Å². The van der Waals surface area contributed by atoms with Gasteiger partial charge >= 0.3 is 0 Å². The van der Waals surface area contributed by atoms with E-state index >= 15 is 0 Å². The lowest BCUT2D eigenvalue weighted by atomic mass is 10.4. The van der Waals surface area contributed by atoms with Crippen LogP contribution in [-0.4, -0.2) is 31.4 Å². The van der Waals surface area contributed by atoms with E-state index in [0.29, 0.717) is 11.6 Å². The second-order valence-corrected chi connectivity index (χ2v) is 4.65. The van der Waals surface area contributed by atoms with Crippen LogP contribution >= 0.6 is 12.2 Å². The summed E-state index contributed by atoms with van der Waals surface area (Å²) in [4.78, 5) is 12.4. The molecule has 2 heterocycles. The number of thiocarbonyl (C=S) groups is 1. The zero-order valence-corrected chi connectivity index (χ0v) is 12.3. The summed E-state index contributed by atoms with van der Waals surface area (Å²) in [5.74, 6) is 0.521. The Balaban J connectivity index is 1.91. The van der Waals surface area contributed by atoms with Crippen LogP contribution in [0.4, 0.5) is 5.95 Å². The number of aryl methyl sites for hydroxylation is 2. The number of anilines is 1. The fourth-order valence-electron chi connectivity index (χ4n) is 1.54. The first kappa shape index (κ1) is 14.8. The quantitative estimate of drug-likeness (QED) is 0.449. The highest BCUT2D eigenvalue weighted by molar-refractivity contribution is 7.80. The molecular formula is C13H14N6OS. The van der Waals surface area contributed by atoms with Crippen LogP contribution in [0.2, 0.25) is 0 Å². The molecule has 108 valence electrons. The first-order chi connectivity index (χ1) is 10.0. The molecule has 2 aromatic heterocycles. The van der Waals surface area contributed by atoms with Crippen LogP contribution in [0.25, 0.3) is 0 Å². The lowest BCUT2D eigenvalue weighted by Crippen LogP contribution is -2.25. The second-order valence-electron chi connectivity index (χ2n) is 4.24. The average Bonchev–Trinajstić information content (AvgIpc) is 2.39. The molecule has 0 aromatic carbocycles. The van der Waals surface area contributed by atoms with Gasteiger partial charge in [-0.1, -0.05) is 0 Å². The van der Waals surface area contributed by atoms with Crippen molar-refractivity contribution >= 4 is 29.5 Å². The number of hydrogen-bond donors (Lipinski definition) is 3. The molecule has 0 aliphatic rings. The van der Waals surface area contributed by atoms with E-state index in [1.807, 2.05) is 19.9 Å². The van der Waals surface area contributed by atoms with E-state index in [0.717, 1.165) is 11.4 Å². The highest BCUT2D eigenvalue weighted by Crippen LogP contribution is 2.04. The number of hydrogen-bond acceptors (Lipinski definition) is 6. The maximum atomic E-state index is 9.11. The molecule has 0 spiro atoms. The molecule has 7 nitrogen and oxygen atoms in total. The Bertz CT molecular complexity index is 651. The van der Waals surface area contributed by atoms with E-state index in [1.165, 1.54) is 18.5 Å². The molecule has 0 amide bonds. The van der Waals surface area contributed by atoms with Crippen molar-refractivity contribution in [1.29, 1.82) is 0 Å². The number of rotatable bonds is 3. The van der Waals surface area contributed by atoms with Crippen LogP contribution in [0.3, 0.4) is 0 Å². The van der Waals surface area contributed by atoms with Crippen LogP contribution in [0.15, 0.2) is 29.5 Å². The van der Waals surface area contributed by atoms with Crippen LogP contribution in [0.5, 0.6) is 5.75 Å². The maximum absolute atomic E-state index is 9.11. The first-order valence-electron chi connectivity index (χ1n) is 6.10. The van der Waals surface area contributed by atoms with Crippen molar-refractivity contribution in [2.24, 2.45) is 5.10 Å². The SMILES string of the molecule is Cc1cc(C)nc(NC(=S)NN=Cc2ccc(O)cn2)n1. The maximum Gasteiger partial charge on any atom is 0.229 e. The summed E-state index contributed by atoms with van der Waals surface area (Å²) in [5, 5.41) is 16.2. The summed E-state index contributed by atoms with van der Waals surface area (Å²) in [5.41, 5.74) is 4.93. The van der Waals surface area contributed by atoms with Gasteiger partial charge in [-0.25, -0.2) is 9.97 Å². The lowest BCUT2D eigenvalue weighted by Gasteiger charge is -2.06. The van der Waals surface area contributed by atoms with E-state index in [1.54, 1.807) is 6.07 Å². The monoisotopic (exact) mass is 302 g/mol. The van der Waals surface area contributed by atoms with Gasteiger partial charge in [-0.15, -0.1) is 0 Å². The Morgan fingerprint density at radius 2 is 2.00 bits per heavy atom. The van der Waals surface area contributed by atoms with Gasteiger partial charge in [0.05, 0.1) is 18.1 Å². The molecular weight excluding hydrogens is 288 g/mol. The predicted molar refractivity (Wildman–Crippen MR) is 84.4 cm³/mol. The summed E-state index contributed by atoms with van der Waals surface area (Å²) in [6.45, 7) is 3.76. The number of pyridine rings is 1. The number of nitrogens with zero attached hydrogens (tertiary/aromatic N) is 4. The molecule has 0 fully saturated rings. The van der Waals surface area contributed by atoms with Gasteiger partial charge in [-0.3, -0.25) is 15.7 Å². The predicted octanol–water partition coefficient (Wildman–Crippen LogP) is 1.51. The van der Waals surface area contributed by atoms with Crippen LogP contribution < -0.4 is 10.7 Å². The van der Waals surface area contributed by atoms with Gasteiger partial charge in [-0.2, -0.15) is 5.10 Å². The van der Waals surface area contributed by atoms with E-state index in [4.69, 9.17) is 17.3 Å². The van der Waals surface area contributed by atoms with E-state index in [2.05, 4.69) is 30.8 Å². The Morgan fingerprint density at radius 3 is 2.62 bits per heavy atom. The van der Waals surface area contributed by atoms with Crippen molar-refractivity contribution in [2.45, 2.75) is 13.8 Å². The van der Waals surface area contributed by atoms with Gasteiger partial charge in [0.15, 0.2) is 5.11 Å². The molecule has 0 unspecified atom stereocenters. The smallest absolute Gasteiger partial charge is 0.229 e. The fraction of sp³-hybridized carbons (Fsp3) is 0.154. The fourth-order valence-corrected chi connectivity index (χ4v) is 1.69. The lowest BCUT2D eigenvalue weighted by molar-refractivity contribution is 0.472. The molecule has 8 heteroatoms. The minimum Gasteiger partial charge on any atom is -0.506 e. The van der Waals surface area contributed by atoms with Crippen molar-refractivity contribution in [3.8, 4) is 5.75 Å². The Labute approximate surface area is 127 Å². The largest absolute Gasteiger partial charge is 0.506 e.